The Hall–Kier alpha value is -2.41. The highest BCUT2D eigenvalue weighted by Crippen LogP contribution is 2.20. The highest BCUT2D eigenvalue weighted by Gasteiger charge is 2.18. The zero-order valence-corrected chi connectivity index (χ0v) is 20.2. The van der Waals surface area contributed by atoms with E-state index in [2.05, 4.69) is 81.4 Å². The lowest BCUT2D eigenvalue weighted by Crippen LogP contribution is -2.39. The van der Waals surface area contributed by atoms with Crippen LogP contribution in [0, 0.1) is 0 Å². The molecule has 0 spiro atoms. The minimum atomic E-state index is 0.285. The summed E-state index contributed by atoms with van der Waals surface area (Å²) in [5.41, 5.74) is 1.32. The molecule has 1 aliphatic rings. The Morgan fingerprint density at radius 3 is 2.62 bits per heavy atom. The van der Waals surface area contributed by atoms with Gasteiger partial charge in [-0.15, -0.1) is 10.2 Å². The van der Waals surface area contributed by atoms with Crippen LogP contribution in [0.3, 0.4) is 0 Å². The van der Waals surface area contributed by atoms with Crippen LogP contribution in [0.2, 0.25) is 0 Å². The predicted octanol–water partition coefficient (Wildman–Crippen LogP) is 3.58. The van der Waals surface area contributed by atoms with E-state index in [-0.39, 0.29) is 6.04 Å². The number of aromatic nitrogens is 3. The second-order valence-electron chi connectivity index (χ2n) is 8.39. The number of aryl methyl sites for hydroxylation is 2. The van der Waals surface area contributed by atoms with Gasteiger partial charge < -0.3 is 15.2 Å². The van der Waals surface area contributed by atoms with Crippen LogP contribution in [0.15, 0.2) is 35.3 Å². The fourth-order valence-corrected chi connectivity index (χ4v) is 4.47. The van der Waals surface area contributed by atoms with Gasteiger partial charge in [-0.1, -0.05) is 50.6 Å². The highest BCUT2D eigenvalue weighted by molar-refractivity contribution is 5.79. The van der Waals surface area contributed by atoms with E-state index in [4.69, 9.17) is 4.99 Å². The molecule has 7 heteroatoms. The number of aliphatic imine (C=N–C) groups is 1. The zero-order chi connectivity index (χ0) is 22.6. The summed E-state index contributed by atoms with van der Waals surface area (Å²) in [7, 11) is 0. The number of guanidine groups is 1. The molecule has 2 aromatic rings. The summed E-state index contributed by atoms with van der Waals surface area (Å²) < 4.78 is 2.35. The molecule has 0 saturated carbocycles. The number of likely N-dealkylation sites (N-methyl/N-ethyl adjacent to an activating group) is 1. The first-order valence-electron chi connectivity index (χ1n) is 12.5. The fourth-order valence-electron chi connectivity index (χ4n) is 4.47. The molecule has 1 aromatic carbocycles. The quantitative estimate of drug-likeness (QED) is 0.318. The molecule has 0 bridgehead atoms. The van der Waals surface area contributed by atoms with E-state index < -0.39 is 0 Å². The average Bonchev–Trinajstić information content (AvgIpc) is 3.05. The molecular formula is C25H41N7. The molecule has 1 aliphatic heterocycles. The number of rotatable bonds is 11. The normalized spacial score (nSPS) is 15.3. The van der Waals surface area contributed by atoms with E-state index in [0.717, 1.165) is 70.3 Å². The molecule has 7 nitrogen and oxygen atoms in total. The maximum Gasteiger partial charge on any atom is 0.191 e. The van der Waals surface area contributed by atoms with Crippen molar-refractivity contribution in [3.8, 4) is 0 Å². The molecule has 0 saturated heterocycles. The average molecular weight is 440 g/mol. The number of fused-ring (bicyclic) bond motifs is 1. The Kier molecular flexibility index (Phi) is 10.0. The number of nitrogens with zero attached hydrogens (tertiary/aromatic N) is 5. The van der Waals surface area contributed by atoms with Gasteiger partial charge in [0.1, 0.15) is 11.6 Å². The fraction of sp³-hybridized carbons (Fsp3) is 0.640. The van der Waals surface area contributed by atoms with Crippen LogP contribution in [-0.4, -0.2) is 58.3 Å². The van der Waals surface area contributed by atoms with Gasteiger partial charge in [-0.25, -0.2) is 0 Å². The standard InChI is InChI=1S/C25H41N7/c1-4-26-25(28-20-22(31(5-2)6-3)21-14-9-7-10-15-21)27-18-13-17-24-30-29-23-16-11-8-12-19-32(23)24/h7,9-10,14-15,22H,4-6,8,11-13,16-20H2,1-3H3,(H2,26,27,28). The molecule has 2 heterocycles. The third-order valence-corrected chi connectivity index (χ3v) is 6.26. The topological polar surface area (TPSA) is 70.4 Å². The Morgan fingerprint density at radius 1 is 1.06 bits per heavy atom. The van der Waals surface area contributed by atoms with Gasteiger partial charge >= 0.3 is 0 Å². The smallest absolute Gasteiger partial charge is 0.191 e. The largest absolute Gasteiger partial charge is 0.357 e. The monoisotopic (exact) mass is 439 g/mol. The maximum atomic E-state index is 4.94. The van der Waals surface area contributed by atoms with Gasteiger partial charge in [0.2, 0.25) is 0 Å². The summed E-state index contributed by atoms with van der Waals surface area (Å²) in [5, 5.41) is 15.8. The van der Waals surface area contributed by atoms with E-state index in [9.17, 15) is 0 Å². The van der Waals surface area contributed by atoms with E-state index >= 15 is 0 Å². The summed E-state index contributed by atoms with van der Waals surface area (Å²) in [5.74, 6) is 3.20. The van der Waals surface area contributed by atoms with Gasteiger partial charge in [0.25, 0.3) is 0 Å². The first kappa shape index (κ1) is 24.2. The first-order valence-corrected chi connectivity index (χ1v) is 12.5. The minimum Gasteiger partial charge on any atom is -0.357 e. The summed E-state index contributed by atoms with van der Waals surface area (Å²) in [6, 6.07) is 11.0. The Balaban J connectivity index is 1.56. The molecule has 3 rings (SSSR count). The predicted molar refractivity (Wildman–Crippen MR) is 132 cm³/mol. The van der Waals surface area contributed by atoms with Crippen LogP contribution < -0.4 is 10.6 Å². The van der Waals surface area contributed by atoms with Crippen LogP contribution in [0.5, 0.6) is 0 Å². The second kappa shape index (κ2) is 13.2. The van der Waals surface area contributed by atoms with Gasteiger partial charge in [-0.05, 0) is 44.8 Å². The number of hydrogen-bond donors (Lipinski definition) is 2. The summed E-state index contributed by atoms with van der Waals surface area (Å²) in [4.78, 5) is 7.42. The maximum absolute atomic E-state index is 4.94. The third-order valence-electron chi connectivity index (χ3n) is 6.26. The van der Waals surface area contributed by atoms with Crippen molar-refractivity contribution in [2.45, 2.75) is 71.9 Å². The van der Waals surface area contributed by atoms with Gasteiger partial charge in [0.05, 0.1) is 12.6 Å². The zero-order valence-electron chi connectivity index (χ0n) is 20.2. The Bertz CT molecular complexity index is 811. The van der Waals surface area contributed by atoms with Crippen molar-refractivity contribution in [3.05, 3.63) is 47.5 Å². The lowest BCUT2D eigenvalue weighted by Gasteiger charge is -2.29. The van der Waals surface area contributed by atoms with Gasteiger partial charge in [-0.2, -0.15) is 0 Å². The number of nitrogens with one attached hydrogen (secondary N) is 2. The van der Waals surface area contributed by atoms with Crippen molar-refractivity contribution in [3.63, 3.8) is 0 Å². The van der Waals surface area contributed by atoms with Crippen LogP contribution in [0.1, 0.15) is 69.7 Å². The van der Waals surface area contributed by atoms with Gasteiger partial charge in [0, 0.05) is 32.5 Å². The summed E-state index contributed by atoms with van der Waals surface area (Å²) in [6.07, 6.45) is 6.80. The first-order chi connectivity index (χ1) is 15.8. The van der Waals surface area contributed by atoms with Crippen LogP contribution in [0.4, 0.5) is 0 Å². The molecule has 176 valence electrons. The van der Waals surface area contributed by atoms with E-state index in [0.29, 0.717) is 0 Å². The molecule has 1 unspecified atom stereocenters. The summed E-state index contributed by atoms with van der Waals surface area (Å²) in [6.45, 7) is 12.1. The van der Waals surface area contributed by atoms with Crippen molar-refractivity contribution in [1.82, 2.24) is 30.3 Å². The van der Waals surface area contributed by atoms with Gasteiger partial charge in [-0.3, -0.25) is 9.89 Å². The van der Waals surface area contributed by atoms with E-state index in [1.165, 1.54) is 30.7 Å². The molecule has 0 radical (unpaired) electrons. The molecule has 2 N–H and O–H groups in total. The number of hydrogen-bond acceptors (Lipinski definition) is 4. The lowest BCUT2D eigenvalue weighted by atomic mass is 10.1. The molecule has 0 aliphatic carbocycles. The Labute approximate surface area is 193 Å². The SMILES string of the molecule is CCNC(=NCC(c1ccccc1)N(CC)CC)NCCCc1nnc2n1CCCCC2. The summed E-state index contributed by atoms with van der Waals surface area (Å²) >= 11 is 0. The third kappa shape index (κ3) is 6.79. The van der Waals surface area contributed by atoms with Crippen molar-refractivity contribution in [1.29, 1.82) is 0 Å². The lowest BCUT2D eigenvalue weighted by molar-refractivity contribution is 0.224. The van der Waals surface area contributed by atoms with Crippen molar-refractivity contribution < 1.29 is 0 Å². The van der Waals surface area contributed by atoms with Crippen molar-refractivity contribution >= 4 is 5.96 Å². The number of benzene rings is 1. The molecule has 1 aromatic heterocycles. The van der Waals surface area contributed by atoms with Gasteiger partial charge in [0.15, 0.2) is 5.96 Å². The minimum absolute atomic E-state index is 0.285. The van der Waals surface area contributed by atoms with Crippen LogP contribution >= 0.6 is 0 Å². The Morgan fingerprint density at radius 2 is 1.88 bits per heavy atom. The van der Waals surface area contributed by atoms with Crippen LogP contribution in [0.25, 0.3) is 0 Å². The molecular weight excluding hydrogens is 398 g/mol. The molecule has 0 fully saturated rings. The highest BCUT2D eigenvalue weighted by atomic mass is 15.3. The van der Waals surface area contributed by atoms with E-state index in [1.807, 2.05) is 0 Å². The molecule has 32 heavy (non-hydrogen) atoms. The second-order valence-corrected chi connectivity index (χ2v) is 8.39. The molecule has 0 amide bonds. The molecule has 1 atom stereocenters. The van der Waals surface area contributed by atoms with E-state index in [1.54, 1.807) is 0 Å². The van der Waals surface area contributed by atoms with Crippen molar-refractivity contribution in [2.24, 2.45) is 4.99 Å². The van der Waals surface area contributed by atoms with Crippen molar-refractivity contribution in [2.75, 3.05) is 32.7 Å². The van der Waals surface area contributed by atoms with Crippen LogP contribution in [-0.2, 0) is 19.4 Å².